The highest BCUT2D eigenvalue weighted by molar-refractivity contribution is 5.75. The van der Waals surface area contributed by atoms with Gasteiger partial charge < -0.3 is 24.8 Å². The lowest BCUT2D eigenvalue weighted by Gasteiger charge is -2.18. The molecule has 0 aromatic heterocycles. The molecule has 2 N–H and O–H groups in total. The molecule has 0 fully saturated rings. The largest absolute Gasteiger partial charge is 0.497 e. The van der Waals surface area contributed by atoms with E-state index in [9.17, 15) is 9.59 Å². The van der Waals surface area contributed by atoms with Crippen molar-refractivity contribution in [2.24, 2.45) is 0 Å². The second kappa shape index (κ2) is 7.98. The number of hydrogen-bond acceptors (Lipinski definition) is 4. The molecule has 116 valence electrons. The average Bonchev–Trinajstić information content (AvgIpc) is 2.46. The van der Waals surface area contributed by atoms with Crippen molar-refractivity contribution in [3.63, 3.8) is 0 Å². The highest BCUT2D eigenvalue weighted by Crippen LogP contribution is 2.23. The molecule has 0 atom stereocenters. The molecule has 0 unspecified atom stereocenters. The van der Waals surface area contributed by atoms with E-state index in [1.807, 2.05) is 12.1 Å². The molecular weight excluding hydrogens is 276 g/mol. The normalized spacial score (nSPS) is 9.86. The summed E-state index contributed by atoms with van der Waals surface area (Å²) in [4.78, 5) is 23.6. The van der Waals surface area contributed by atoms with Gasteiger partial charge >= 0.3 is 12.0 Å². The summed E-state index contributed by atoms with van der Waals surface area (Å²) in [5, 5.41) is 11.1. The Kier molecular flexibility index (Phi) is 6.32. The molecule has 0 aliphatic carbocycles. The first-order valence-electron chi connectivity index (χ1n) is 6.39. The Hall–Kier alpha value is -2.44. The van der Waals surface area contributed by atoms with Crippen LogP contribution in [0.3, 0.4) is 0 Å². The molecule has 0 radical (unpaired) electrons. The van der Waals surface area contributed by atoms with Crippen LogP contribution in [0.5, 0.6) is 11.5 Å². The molecule has 1 rings (SSSR count). The average molecular weight is 296 g/mol. The molecule has 0 aliphatic heterocycles. The van der Waals surface area contributed by atoms with Crippen LogP contribution in [0.2, 0.25) is 0 Å². The summed E-state index contributed by atoms with van der Waals surface area (Å²) in [6.07, 6.45) is -0.105. The first-order chi connectivity index (χ1) is 9.96. The zero-order valence-corrected chi connectivity index (χ0v) is 12.4. The van der Waals surface area contributed by atoms with Gasteiger partial charge in [-0.2, -0.15) is 0 Å². The van der Waals surface area contributed by atoms with Crippen LogP contribution < -0.4 is 14.8 Å². The highest BCUT2D eigenvalue weighted by Gasteiger charge is 2.11. The number of nitrogens with one attached hydrogen (secondary N) is 1. The van der Waals surface area contributed by atoms with E-state index in [4.69, 9.17) is 14.6 Å². The fourth-order valence-corrected chi connectivity index (χ4v) is 1.71. The quantitative estimate of drug-likeness (QED) is 0.792. The van der Waals surface area contributed by atoms with Crippen LogP contribution in [-0.2, 0) is 11.3 Å². The van der Waals surface area contributed by atoms with E-state index in [1.54, 1.807) is 27.3 Å². The molecule has 2 amide bonds. The number of hydrogen-bond donors (Lipinski definition) is 2. The Morgan fingerprint density at radius 3 is 2.24 bits per heavy atom. The van der Waals surface area contributed by atoms with E-state index in [0.29, 0.717) is 18.0 Å². The maximum Gasteiger partial charge on any atom is 0.317 e. The maximum absolute atomic E-state index is 11.8. The maximum atomic E-state index is 11.8. The molecule has 0 spiro atoms. The molecule has 0 bridgehead atoms. The Balaban J connectivity index is 2.62. The van der Waals surface area contributed by atoms with Crippen molar-refractivity contribution >= 4 is 12.0 Å². The number of aliphatic carboxylic acids is 1. The number of nitrogens with zero attached hydrogens (tertiary/aromatic N) is 1. The van der Waals surface area contributed by atoms with Crippen molar-refractivity contribution in [3.8, 4) is 11.5 Å². The van der Waals surface area contributed by atoms with E-state index in [0.717, 1.165) is 5.56 Å². The molecule has 0 saturated heterocycles. The van der Waals surface area contributed by atoms with E-state index in [1.165, 1.54) is 4.90 Å². The van der Waals surface area contributed by atoms with Crippen molar-refractivity contribution in [1.82, 2.24) is 10.2 Å². The highest BCUT2D eigenvalue weighted by atomic mass is 16.5. The zero-order valence-electron chi connectivity index (χ0n) is 12.4. The van der Waals surface area contributed by atoms with Gasteiger partial charge in [-0.3, -0.25) is 4.79 Å². The van der Waals surface area contributed by atoms with Gasteiger partial charge in [-0.05, 0) is 17.7 Å². The van der Waals surface area contributed by atoms with Crippen LogP contribution in [0.25, 0.3) is 0 Å². The summed E-state index contributed by atoms with van der Waals surface area (Å²) >= 11 is 0. The number of carbonyl (C=O) groups is 2. The van der Waals surface area contributed by atoms with Crippen molar-refractivity contribution in [2.45, 2.75) is 13.0 Å². The number of carbonyl (C=O) groups excluding carboxylic acids is 1. The summed E-state index contributed by atoms with van der Waals surface area (Å²) in [6, 6.07) is 5.03. The number of methoxy groups -OCH3 is 2. The van der Waals surface area contributed by atoms with Crippen LogP contribution in [0.1, 0.15) is 12.0 Å². The second-order valence-electron chi connectivity index (χ2n) is 4.45. The van der Waals surface area contributed by atoms with Crippen molar-refractivity contribution < 1.29 is 24.2 Å². The zero-order chi connectivity index (χ0) is 15.8. The van der Waals surface area contributed by atoms with Gasteiger partial charge in [-0.15, -0.1) is 0 Å². The fourth-order valence-electron chi connectivity index (χ4n) is 1.71. The number of carboxylic acid groups (broad SMARTS) is 1. The number of ether oxygens (including phenoxy) is 2. The summed E-state index contributed by atoms with van der Waals surface area (Å²) < 4.78 is 10.3. The van der Waals surface area contributed by atoms with Crippen LogP contribution in [0.4, 0.5) is 4.79 Å². The van der Waals surface area contributed by atoms with Gasteiger partial charge in [0, 0.05) is 26.2 Å². The third-order valence-electron chi connectivity index (χ3n) is 2.79. The molecule has 0 saturated carbocycles. The Morgan fingerprint density at radius 1 is 1.19 bits per heavy atom. The first-order valence-corrected chi connectivity index (χ1v) is 6.39. The predicted molar refractivity (Wildman–Crippen MR) is 76.7 cm³/mol. The minimum atomic E-state index is -0.949. The van der Waals surface area contributed by atoms with E-state index in [2.05, 4.69) is 5.32 Å². The third kappa shape index (κ3) is 5.60. The first kappa shape index (κ1) is 16.6. The van der Waals surface area contributed by atoms with Gasteiger partial charge in [0.25, 0.3) is 0 Å². The number of urea groups is 1. The van der Waals surface area contributed by atoms with Crippen LogP contribution in [0, 0.1) is 0 Å². The van der Waals surface area contributed by atoms with Crippen molar-refractivity contribution in [2.75, 3.05) is 27.8 Å². The van der Waals surface area contributed by atoms with Gasteiger partial charge in [-0.25, -0.2) is 4.79 Å². The summed E-state index contributed by atoms with van der Waals surface area (Å²) in [7, 11) is 4.74. The molecule has 21 heavy (non-hydrogen) atoms. The van der Waals surface area contributed by atoms with E-state index in [-0.39, 0.29) is 19.0 Å². The molecular formula is C14H20N2O5. The van der Waals surface area contributed by atoms with E-state index >= 15 is 0 Å². The molecule has 1 aromatic carbocycles. The number of amides is 2. The monoisotopic (exact) mass is 296 g/mol. The Labute approximate surface area is 123 Å². The van der Waals surface area contributed by atoms with Crippen molar-refractivity contribution in [1.29, 1.82) is 0 Å². The number of carboxylic acids is 1. The predicted octanol–water partition coefficient (Wildman–Crippen LogP) is 1.32. The number of benzene rings is 1. The van der Waals surface area contributed by atoms with Crippen LogP contribution in [0.15, 0.2) is 18.2 Å². The van der Waals surface area contributed by atoms with E-state index < -0.39 is 5.97 Å². The van der Waals surface area contributed by atoms with Gasteiger partial charge in [0.1, 0.15) is 11.5 Å². The lowest BCUT2D eigenvalue weighted by Crippen LogP contribution is -2.37. The molecule has 0 heterocycles. The third-order valence-corrected chi connectivity index (χ3v) is 2.79. The summed E-state index contributed by atoms with van der Waals surface area (Å²) in [6.45, 7) is 0.451. The van der Waals surface area contributed by atoms with Gasteiger partial charge in [0.05, 0.1) is 20.6 Å². The Bertz CT molecular complexity index is 482. The molecule has 1 aromatic rings. The molecule has 0 aliphatic rings. The van der Waals surface area contributed by atoms with Gasteiger partial charge in [-0.1, -0.05) is 0 Å². The summed E-state index contributed by atoms with van der Waals surface area (Å²) in [5.41, 5.74) is 0.849. The smallest absolute Gasteiger partial charge is 0.317 e. The molecule has 7 nitrogen and oxygen atoms in total. The second-order valence-corrected chi connectivity index (χ2v) is 4.45. The molecule has 7 heteroatoms. The lowest BCUT2D eigenvalue weighted by atomic mass is 10.2. The van der Waals surface area contributed by atoms with Crippen LogP contribution >= 0.6 is 0 Å². The SMILES string of the molecule is COc1cc(CN(C)C(=O)NCCC(=O)O)cc(OC)c1. The summed E-state index contributed by atoms with van der Waals surface area (Å²) in [5.74, 6) is 0.337. The van der Waals surface area contributed by atoms with Gasteiger partial charge in [0.2, 0.25) is 0 Å². The van der Waals surface area contributed by atoms with Gasteiger partial charge in [0.15, 0.2) is 0 Å². The minimum Gasteiger partial charge on any atom is -0.497 e. The standard InChI is InChI=1S/C14H20N2O5/c1-16(14(19)15-5-4-13(17)18)9-10-6-11(20-2)8-12(7-10)21-3/h6-8H,4-5,9H2,1-3H3,(H,15,19)(H,17,18). The topological polar surface area (TPSA) is 88.1 Å². The Morgan fingerprint density at radius 2 is 1.76 bits per heavy atom. The van der Waals surface area contributed by atoms with Crippen LogP contribution in [-0.4, -0.2) is 49.8 Å². The van der Waals surface area contributed by atoms with Crippen molar-refractivity contribution in [3.05, 3.63) is 23.8 Å². The fraction of sp³-hybridized carbons (Fsp3) is 0.429. The lowest BCUT2D eigenvalue weighted by molar-refractivity contribution is -0.136. The number of rotatable bonds is 7. The minimum absolute atomic E-state index is 0.0972.